The summed E-state index contributed by atoms with van der Waals surface area (Å²) in [7, 11) is 0. The van der Waals surface area contributed by atoms with Gasteiger partial charge in [-0.1, -0.05) is 0 Å². The molecule has 110 valence electrons. The molecule has 3 aromatic heterocycles. The summed E-state index contributed by atoms with van der Waals surface area (Å²) >= 11 is 0. The van der Waals surface area contributed by atoms with Gasteiger partial charge in [-0.05, 0) is 19.1 Å². The van der Waals surface area contributed by atoms with Gasteiger partial charge < -0.3 is 15.2 Å². The molecule has 22 heavy (non-hydrogen) atoms. The molecule has 0 unspecified atom stereocenters. The third-order valence-electron chi connectivity index (χ3n) is 3.76. The van der Waals surface area contributed by atoms with Crippen molar-refractivity contribution in [2.24, 2.45) is 0 Å². The van der Waals surface area contributed by atoms with E-state index in [1.807, 2.05) is 12.1 Å². The Kier molecular flexibility index (Phi) is 2.64. The average molecular weight is 295 g/mol. The van der Waals surface area contributed by atoms with E-state index in [2.05, 4.69) is 25.1 Å². The predicted octanol–water partition coefficient (Wildman–Crippen LogP) is 2.01. The van der Waals surface area contributed by atoms with E-state index in [1.54, 1.807) is 19.3 Å². The molecule has 0 aliphatic carbocycles. The molecule has 0 aliphatic heterocycles. The zero-order chi connectivity index (χ0) is 15.3. The van der Waals surface area contributed by atoms with Gasteiger partial charge in [-0.3, -0.25) is 10.1 Å². The minimum Gasteiger partial charge on any atom is -0.505 e. The number of hydrogen-bond donors (Lipinski definition) is 4. The monoisotopic (exact) mass is 295 g/mol. The Morgan fingerprint density at radius 2 is 2.09 bits per heavy atom. The van der Waals surface area contributed by atoms with E-state index >= 15 is 0 Å². The van der Waals surface area contributed by atoms with Gasteiger partial charge in [0.15, 0.2) is 0 Å². The number of benzene rings is 1. The second-order valence-electron chi connectivity index (χ2n) is 5.15. The maximum Gasteiger partial charge on any atom is 0.148 e. The van der Waals surface area contributed by atoms with Crippen molar-refractivity contribution in [1.82, 2.24) is 25.1 Å². The molecule has 0 saturated heterocycles. The van der Waals surface area contributed by atoms with Crippen LogP contribution in [0.3, 0.4) is 0 Å². The summed E-state index contributed by atoms with van der Waals surface area (Å²) in [4.78, 5) is 11.8. The molecule has 7 nitrogen and oxygen atoms in total. The lowest BCUT2D eigenvalue weighted by Gasteiger charge is -2.08. The fourth-order valence-electron chi connectivity index (χ4n) is 2.58. The molecule has 0 bridgehead atoms. The summed E-state index contributed by atoms with van der Waals surface area (Å²) in [5.41, 5.74) is 3.90. The van der Waals surface area contributed by atoms with Gasteiger partial charge in [0.05, 0.1) is 34.4 Å². The highest BCUT2D eigenvalue weighted by Gasteiger charge is 2.17. The van der Waals surface area contributed by atoms with Crippen molar-refractivity contribution in [3.8, 4) is 17.1 Å². The Balaban J connectivity index is 2.00. The molecule has 0 radical (unpaired) electrons. The maximum atomic E-state index is 10.3. The molecule has 0 spiro atoms. The fourth-order valence-corrected chi connectivity index (χ4v) is 2.58. The van der Waals surface area contributed by atoms with Gasteiger partial charge >= 0.3 is 0 Å². The van der Waals surface area contributed by atoms with Crippen LogP contribution >= 0.6 is 0 Å². The van der Waals surface area contributed by atoms with Crippen LogP contribution in [0.4, 0.5) is 0 Å². The van der Waals surface area contributed by atoms with Crippen LogP contribution in [0.2, 0.25) is 0 Å². The number of H-pyrrole nitrogens is 2. The first-order valence-corrected chi connectivity index (χ1v) is 6.79. The van der Waals surface area contributed by atoms with E-state index in [4.69, 9.17) is 0 Å². The van der Waals surface area contributed by atoms with Crippen LogP contribution in [0.25, 0.3) is 33.3 Å². The number of aryl methyl sites for hydroxylation is 1. The first kappa shape index (κ1) is 12.8. The fraction of sp³-hybridized carbons (Fsp3) is 0.133. The van der Waals surface area contributed by atoms with E-state index in [-0.39, 0.29) is 12.4 Å². The quantitative estimate of drug-likeness (QED) is 0.452. The Labute approximate surface area is 124 Å². The second-order valence-corrected chi connectivity index (χ2v) is 5.15. The minimum absolute atomic E-state index is 0.0241. The second kappa shape index (κ2) is 4.54. The topological polar surface area (TPSA) is 111 Å². The highest BCUT2D eigenvalue weighted by atomic mass is 16.3. The van der Waals surface area contributed by atoms with Gasteiger partial charge in [0.1, 0.15) is 11.6 Å². The number of aliphatic hydroxyl groups excluding tert-OH is 1. The average Bonchev–Trinajstić information content (AvgIpc) is 3.12. The van der Waals surface area contributed by atoms with E-state index in [0.29, 0.717) is 22.6 Å². The largest absolute Gasteiger partial charge is 0.505 e. The van der Waals surface area contributed by atoms with Crippen molar-refractivity contribution in [2.75, 3.05) is 0 Å². The van der Waals surface area contributed by atoms with E-state index in [0.717, 1.165) is 21.9 Å². The van der Waals surface area contributed by atoms with Crippen LogP contribution in [0.1, 0.15) is 11.3 Å². The number of imidazole rings is 1. The number of nitrogens with zero attached hydrogens (tertiary/aromatic N) is 3. The van der Waals surface area contributed by atoms with Crippen molar-refractivity contribution >= 4 is 21.9 Å². The van der Waals surface area contributed by atoms with Crippen LogP contribution in [-0.2, 0) is 6.61 Å². The number of aromatic nitrogens is 5. The lowest BCUT2D eigenvalue weighted by Crippen LogP contribution is -1.96. The smallest absolute Gasteiger partial charge is 0.148 e. The van der Waals surface area contributed by atoms with E-state index in [9.17, 15) is 10.2 Å². The third-order valence-corrected chi connectivity index (χ3v) is 3.76. The van der Waals surface area contributed by atoms with Gasteiger partial charge in [-0.2, -0.15) is 5.10 Å². The number of aromatic amines is 2. The number of hydrogen-bond acceptors (Lipinski definition) is 5. The number of aliphatic hydroxyl groups is 1. The number of aromatic hydroxyl groups is 1. The molecule has 0 atom stereocenters. The number of rotatable bonds is 2. The minimum atomic E-state index is -0.225. The van der Waals surface area contributed by atoms with Crippen LogP contribution in [0.15, 0.2) is 24.5 Å². The Hall–Kier alpha value is -2.93. The molecule has 1 aromatic carbocycles. The summed E-state index contributed by atoms with van der Waals surface area (Å²) in [5, 5.41) is 27.7. The molecule has 0 fully saturated rings. The molecule has 0 amide bonds. The summed E-state index contributed by atoms with van der Waals surface area (Å²) in [6.07, 6.45) is 3.35. The Morgan fingerprint density at radius 3 is 2.91 bits per heavy atom. The zero-order valence-corrected chi connectivity index (χ0v) is 11.8. The Bertz CT molecular complexity index is 954. The number of nitrogens with one attached hydrogen (secondary N) is 2. The first-order chi connectivity index (χ1) is 10.7. The van der Waals surface area contributed by atoms with Gasteiger partial charge in [0.2, 0.25) is 0 Å². The predicted molar refractivity (Wildman–Crippen MR) is 81.3 cm³/mol. The Morgan fingerprint density at radius 1 is 1.23 bits per heavy atom. The molecule has 4 rings (SSSR count). The molecule has 0 saturated carbocycles. The van der Waals surface area contributed by atoms with Crippen molar-refractivity contribution in [3.63, 3.8) is 0 Å². The summed E-state index contributed by atoms with van der Waals surface area (Å²) in [5.74, 6) is 0.523. The molecule has 3 heterocycles. The van der Waals surface area contributed by atoms with Crippen molar-refractivity contribution in [3.05, 3.63) is 35.8 Å². The SMILES string of the molecule is Cc1ncc(CO)c(-c2nc3cc4c[nH]nc4cc3[nH]2)c1O. The summed E-state index contributed by atoms with van der Waals surface area (Å²) < 4.78 is 0. The van der Waals surface area contributed by atoms with Crippen molar-refractivity contribution in [1.29, 1.82) is 0 Å². The van der Waals surface area contributed by atoms with Crippen LogP contribution in [-0.4, -0.2) is 35.4 Å². The highest BCUT2D eigenvalue weighted by Crippen LogP contribution is 2.34. The molecule has 0 aliphatic rings. The van der Waals surface area contributed by atoms with Gasteiger partial charge in [0.25, 0.3) is 0 Å². The van der Waals surface area contributed by atoms with Crippen molar-refractivity contribution in [2.45, 2.75) is 13.5 Å². The third kappa shape index (κ3) is 1.76. The molecule has 7 heteroatoms. The molecule has 4 N–H and O–H groups in total. The van der Waals surface area contributed by atoms with Gasteiger partial charge in [-0.15, -0.1) is 0 Å². The maximum absolute atomic E-state index is 10.3. The highest BCUT2D eigenvalue weighted by molar-refractivity contribution is 5.94. The lowest BCUT2D eigenvalue weighted by atomic mass is 10.1. The van der Waals surface area contributed by atoms with Crippen molar-refractivity contribution < 1.29 is 10.2 Å². The normalized spacial score (nSPS) is 11.5. The zero-order valence-electron chi connectivity index (χ0n) is 11.8. The van der Waals surface area contributed by atoms with Crippen LogP contribution < -0.4 is 0 Å². The van der Waals surface area contributed by atoms with E-state index < -0.39 is 0 Å². The summed E-state index contributed by atoms with van der Waals surface area (Å²) in [6.45, 7) is 1.48. The van der Waals surface area contributed by atoms with E-state index in [1.165, 1.54) is 0 Å². The lowest BCUT2D eigenvalue weighted by molar-refractivity contribution is 0.281. The van der Waals surface area contributed by atoms with Gasteiger partial charge in [-0.25, -0.2) is 4.98 Å². The molecular formula is C15H13N5O2. The summed E-state index contributed by atoms with van der Waals surface area (Å²) in [6, 6.07) is 3.80. The van der Waals surface area contributed by atoms with Crippen LogP contribution in [0.5, 0.6) is 5.75 Å². The molecular weight excluding hydrogens is 282 g/mol. The first-order valence-electron chi connectivity index (χ1n) is 6.79. The number of fused-ring (bicyclic) bond motifs is 2. The molecule has 4 aromatic rings. The van der Waals surface area contributed by atoms with Crippen LogP contribution in [0, 0.1) is 6.92 Å². The number of pyridine rings is 1. The van der Waals surface area contributed by atoms with Gasteiger partial charge in [0, 0.05) is 23.3 Å². The standard InChI is InChI=1S/C15H13N5O2/c1-7-14(22)13(9(6-21)4-16-7)15-18-11-2-8-5-17-20-10(8)3-12(11)19-15/h2-5,21-22H,6H2,1H3,(H,17,20)(H,18,19).